The Labute approximate surface area is 164 Å². The van der Waals surface area contributed by atoms with Gasteiger partial charge in [-0.15, -0.1) is 0 Å². The van der Waals surface area contributed by atoms with Gasteiger partial charge in [0.25, 0.3) is 0 Å². The van der Waals surface area contributed by atoms with Crippen LogP contribution in [0.2, 0.25) is 0 Å². The Morgan fingerprint density at radius 1 is 1.07 bits per heavy atom. The molecular weight excluding hydrogens is 359 g/mol. The predicted molar refractivity (Wildman–Crippen MR) is 110 cm³/mol. The number of carbonyl (C=O) groups excluding carboxylic acids is 1. The van der Waals surface area contributed by atoms with E-state index in [1.807, 2.05) is 6.07 Å². The molecule has 1 aliphatic rings. The van der Waals surface area contributed by atoms with E-state index in [0.717, 1.165) is 37.2 Å². The van der Waals surface area contributed by atoms with E-state index >= 15 is 0 Å². The zero-order valence-corrected chi connectivity index (χ0v) is 16.2. The first-order valence-electron chi connectivity index (χ1n) is 9.36. The minimum absolute atomic E-state index is 0.332. The summed E-state index contributed by atoms with van der Waals surface area (Å²) in [6.07, 6.45) is 6.47. The molecule has 3 rings (SSSR count). The van der Waals surface area contributed by atoms with Crippen molar-refractivity contribution in [2.24, 2.45) is 0 Å². The summed E-state index contributed by atoms with van der Waals surface area (Å²) in [5.41, 5.74) is 2.08. The largest absolute Gasteiger partial charge is 0.497 e. The molecule has 0 unspecified atom stereocenters. The number of carbonyl (C=O) groups is 1. The number of ether oxygens (including phenoxy) is 2. The van der Waals surface area contributed by atoms with Crippen LogP contribution >= 0.6 is 0 Å². The lowest BCUT2D eigenvalue weighted by molar-refractivity contribution is -0.111. The molecule has 1 N–H and O–H groups in total. The van der Waals surface area contributed by atoms with Crippen LogP contribution in [-0.2, 0) is 4.79 Å². The molecule has 0 radical (unpaired) electrons. The molecule has 5 nitrogen and oxygen atoms in total. The predicted octanol–water partition coefficient (Wildman–Crippen LogP) is 4.49. The molecule has 1 aliphatic heterocycles. The fourth-order valence-electron chi connectivity index (χ4n) is 3.31. The third kappa shape index (κ3) is 4.82. The summed E-state index contributed by atoms with van der Waals surface area (Å²) < 4.78 is 24.3. The van der Waals surface area contributed by atoms with E-state index in [-0.39, 0.29) is 11.7 Å². The maximum Gasteiger partial charge on any atom is 0.248 e. The average Bonchev–Trinajstić information content (AvgIpc) is 2.73. The Morgan fingerprint density at radius 2 is 1.86 bits per heavy atom. The molecule has 28 heavy (non-hydrogen) atoms. The van der Waals surface area contributed by atoms with Gasteiger partial charge >= 0.3 is 0 Å². The van der Waals surface area contributed by atoms with Crippen molar-refractivity contribution in [2.45, 2.75) is 19.3 Å². The molecule has 1 saturated heterocycles. The van der Waals surface area contributed by atoms with Crippen molar-refractivity contribution in [1.82, 2.24) is 0 Å². The normalized spacial score (nSPS) is 14.2. The summed E-state index contributed by atoms with van der Waals surface area (Å²) in [6.45, 7) is 1.82. The Balaban J connectivity index is 1.76. The quantitative estimate of drug-likeness (QED) is 0.746. The van der Waals surface area contributed by atoms with Gasteiger partial charge in [0.1, 0.15) is 17.3 Å². The topological polar surface area (TPSA) is 50.8 Å². The van der Waals surface area contributed by atoms with Crippen molar-refractivity contribution in [2.75, 3.05) is 37.5 Å². The van der Waals surface area contributed by atoms with E-state index in [4.69, 9.17) is 9.47 Å². The number of methoxy groups -OCH3 is 2. The Hall–Kier alpha value is -3.02. The van der Waals surface area contributed by atoms with Gasteiger partial charge in [0.2, 0.25) is 5.91 Å². The summed E-state index contributed by atoms with van der Waals surface area (Å²) in [5, 5.41) is 2.81. The molecule has 6 heteroatoms. The first-order valence-corrected chi connectivity index (χ1v) is 9.36. The van der Waals surface area contributed by atoms with Gasteiger partial charge in [0, 0.05) is 30.8 Å². The van der Waals surface area contributed by atoms with Crippen molar-refractivity contribution < 1.29 is 18.7 Å². The summed E-state index contributed by atoms with van der Waals surface area (Å²) in [4.78, 5) is 14.6. The number of rotatable bonds is 6. The smallest absolute Gasteiger partial charge is 0.248 e. The van der Waals surface area contributed by atoms with Crippen LogP contribution in [0.5, 0.6) is 11.5 Å². The van der Waals surface area contributed by atoms with Gasteiger partial charge in [-0.2, -0.15) is 0 Å². The number of nitrogens with zero attached hydrogens (tertiary/aromatic N) is 1. The van der Waals surface area contributed by atoms with E-state index in [1.54, 1.807) is 38.5 Å². The lowest BCUT2D eigenvalue weighted by atomic mass is 10.1. The van der Waals surface area contributed by atoms with Gasteiger partial charge in [0.05, 0.1) is 25.6 Å². The second kappa shape index (κ2) is 9.26. The molecule has 0 aliphatic carbocycles. The summed E-state index contributed by atoms with van der Waals surface area (Å²) in [6, 6.07) is 9.87. The molecule has 0 aromatic heterocycles. The molecule has 1 amide bonds. The lowest BCUT2D eigenvalue weighted by Crippen LogP contribution is -2.30. The van der Waals surface area contributed by atoms with Crippen LogP contribution in [0, 0.1) is 5.82 Å². The Morgan fingerprint density at radius 3 is 2.57 bits per heavy atom. The minimum Gasteiger partial charge on any atom is -0.497 e. The molecule has 1 heterocycles. The van der Waals surface area contributed by atoms with Crippen molar-refractivity contribution in [3.8, 4) is 11.5 Å². The highest BCUT2D eigenvalue weighted by atomic mass is 19.1. The molecule has 1 fully saturated rings. The molecule has 148 valence electrons. The van der Waals surface area contributed by atoms with Gasteiger partial charge in [0.15, 0.2) is 0 Å². The van der Waals surface area contributed by atoms with Crippen LogP contribution in [0.15, 0.2) is 42.5 Å². The fraction of sp³-hybridized carbons (Fsp3) is 0.318. The SMILES string of the molecule is COc1ccc(/C=C/C(=O)Nc2cc(F)ccc2N2CCCCC2)c(OC)c1. The van der Waals surface area contributed by atoms with Gasteiger partial charge in [-0.25, -0.2) is 4.39 Å². The molecule has 0 spiro atoms. The van der Waals surface area contributed by atoms with E-state index in [9.17, 15) is 9.18 Å². The third-order valence-corrected chi connectivity index (χ3v) is 4.77. The molecule has 0 atom stereocenters. The van der Waals surface area contributed by atoms with Crippen LogP contribution in [-0.4, -0.2) is 33.2 Å². The number of piperidine rings is 1. The number of hydrogen-bond donors (Lipinski definition) is 1. The lowest BCUT2D eigenvalue weighted by Gasteiger charge is -2.30. The van der Waals surface area contributed by atoms with E-state index < -0.39 is 0 Å². The highest BCUT2D eigenvalue weighted by Crippen LogP contribution is 2.30. The van der Waals surface area contributed by atoms with Crippen molar-refractivity contribution in [1.29, 1.82) is 0 Å². The fourth-order valence-corrected chi connectivity index (χ4v) is 3.31. The van der Waals surface area contributed by atoms with Crippen LogP contribution in [0.3, 0.4) is 0 Å². The van der Waals surface area contributed by atoms with E-state index in [0.29, 0.717) is 17.2 Å². The third-order valence-electron chi connectivity index (χ3n) is 4.77. The molecule has 0 bridgehead atoms. The highest BCUT2D eigenvalue weighted by Gasteiger charge is 2.16. The number of nitrogens with one attached hydrogen (secondary N) is 1. The zero-order valence-electron chi connectivity index (χ0n) is 16.2. The standard InChI is InChI=1S/C22H25FN2O3/c1-27-18-9-6-16(21(15-18)28-2)7-11-22(26)24-19-14-17(23)8-10-20(19)25-12-4-3-5-13-25/h6-11,14-15H,3-5,12-13H2,1-2H3,(H,24,26)/b11-7+. The monoisotopic (exact) mass is 384 g/mol. The van der Waals surface area contributed by atoms with Gasteiger partial charge in [-0.05, 0) is 55.7 Å². The van der Waals surface area contributed by atoms with Crippen molar-refractivity contribution >= 4 is 23.4 Å². The average molecular weight is 384 g/mol. The first-order chi connectivity index (χ1) is 13.6. The summed E-state index contributed by atoms with van der Waals surface area (Å²) in [5.74, 6) is 0.561. The molecular formula is C22H25FN2O3. The van der Waals surface area contributed by atoms with Gasteiger partial charge in [-0.3, -0.25) is 4.79 Å². The molecule has 0 saturated carbocycles. The highest BCUT2D eigenvalue weighted by molar-refractivity contribution is 6.04. The van der Waals surface area contributed by atoms with E-state index in [2.05, 4.69) is 10.2 Å². The number of halogens is 1. The van der Waals surface area contributed by atoms with Gasteiger partial charge < -0.3 is 19.7 Å². The number of hydrogen-bond acceptors (Lipinski definition) is 4. The first kappa shape index (κ1) is 19.7. The van der Waals surface area contributed by atoms with Crippen LogP contribution in [0.25, 0.3) is 6.08 Å². The number of benzene rings is 2. The minimum atomic E-state index is -0.378. The number of amides is 1. The second-order valence-corrected chi connectivity index (χ2v) is 6.64. The zero-order chi connectivity index (χ0) is 19.9. The molecule has 2 aromatic carbocycles. The van der Waals surface area contributed by atoms with E-state index in [1.165, 1.54) is 24.6 Å². The maximum absolute atomic E-state index is 13.8. The van der Waals surface area contributed by atoms with Crippen molar-refractivity contribution in [3.05, 3.63) is 53.9 Å². The Kier molecular flexibility index (Phi) is 6.53. The van der Waals surface area contributed by atoms with Crippen LogP contribution in [0.4, 0.5) is 15.8 Å². The second-order valence-electron chi connectivity index (χ2n) is 6.64. The Bertz CT molecular complexity index is 861. The van der Waals surface area contributed by atoms with Crippen LogP contribution < -0.4 is 19.7 Å². The molecule has 2 aromatic rings. The van der Waals surface area contributed by atoms with Crippen molar-refractivity contribution in [3.63, 3.8) is 0 Å². The number of anilines is 2. The van der Waals surface area contributed by atoms with Crippen LogP contribution in [0.1, 0.15) is 24.8 Å². The summed E-state index contributed by atoms with van der Waals surface area (Å²) >= 11 is 0. The van der Waals surface area contributed by atoms with Gasteiger partial charge in [-0.1, -0.05) is 0 Å². The maximum atomic E-state index is 13.8. The summed E-state index contributed by atoms with van der Waals surface area (Å²) in [7, 11) is 3.14.